The maximum absolute atomic E-state index is 8.89. The summed E-state index contributed by atoms with van der Waals surface area (Å²) < 4.78 is 53.3. The van der Waals surface area contributed by atoms with Crippen molar-refractivity contribution in [3.05, 3.63) is 16.2 Å². The van der Waals surface area contributed by atoms with Crippen molar-refractivity contribution in [2.75, 3.05) is 0 Å². The maximum Gasteiger partial charge on any atom is 3.00 e. The number of rotatable bonds is 0. The minimum absolute atomic E-state index is 0. The summed E-state index contributed by atoms with van der Waals surface area (Å²) in [4.78, 5) is 0. The van der Waals surface area contributed by atoms with Crippen LogP contribution in [0.1, 0.15) is 1.43 Å². The standard InChI is InChI=1S/3CNS.2Au.K.Na.2H2O3S2.H/c3*2-1-3;;;;;2*1-5(2,3)4;/h;;;;;;;2*(H2,1,2,3,4);/q3*-1;2*+3;2*+1;;;-1/p-4. The van der Waals surface area contributed by atoms with Crippen molar-refractivity contribution in [3.63, 3.8) is 0 Å². The van der Waals surface area contributed by atoms with Gasteiger partial charge in [0.2, 0.25) is 0 Å². The van der Waals surface area contributed by atoms with Crippen molar-refractivity contribution in [2.24, 2.45) is 0 Å². The van der Waals surface area contributed by atoms with Gasteiger partial charge in [-0.05, 0) is 22.4 Å². The summed E-state index contributed by atoms with van der Waals surface area (Å²) in [5.41, 5.74) is 0. The monoisotopic (exact) mass is 855 g/mol. The van der Waals surface area contributed by atoms with Gasteiger partial charge in [0.25, 0.3) is 0 Å². The first-order valence-corrected chi connectivity index (χ1v) is 8.51. The average molecular weight is 856 g/mol. The Bertz CT molecular complexity index is 443. The van der Waals surface area contributed by atoms with Gasteiger partial charge in [0.05, 0.1) is 0 Å². The van der Waals surface area contributed by atoms with Gasteiger partial charge in [-0.3, -0.25) is 8.42 Å². The van der Waals surface area contributed by atoms with E-state index in [0.29, 0.717) is 0 Å². The van der Waals surface area contributed by atoms with Crippen molar-refractivity contribution >= 4 is 92.6 Å². The Morgan fingerprint density at radius 3 is 0.739 bits per heavy atom. The van der Waals surface area contributed by atoms with Crippen molar-refractivity contribution < 1.29 is 154 Å². The number of isothiocyanates is 3. The number of nitrogens with zero attached hydrogens (tertiary/aromatic N) is 3. The molecule has 0 aromatic carbocycles. The fourth-order valence-corrected chi connectivity index (χ4v) is 0. The zero-order valence-corrected chi connectivity index (χ0v) is 25.9. The van der Waals surface area contributed by atoms with Crippen molar-refractivity contribution in [1.82, 2.24) is 0 Å². The third-order valence-corrected chi connectivity index (χ3v) is 0. The van der Waals surface area contributed by atoms with E-state index in [-0.39, 0.29) is 127 Å². The molecular formula is C3HAu2KN3NaO6S7. The molecule has 0 heterocycles. The van der Waals surface area contributed by atoms with Gasteiger partial charge >= 0.3 is 126 Å². The van der Waals surface area contributed by atoms with Gasteiger partial charge in [-0.25, -0.2) is 0 Å². The van der Waals surface area contributed by atoms with E-state index in [1.165, 1.54) is 15.5 Å². The van der Waals surface area contributed by atoms with Crippen LogP contribution >= 0.6 is 36.7 Å². The van der Waals surface area contributed by atoms with Crippen LogP contribution in [0.3, 0.4) is 0 Å². The van der Waals surface area contributed by atoms with Crippen LogP contribution in [0, 0.1) is 0 Å². The van der Waals surface area contributed by atoms with E-state index in [2.05, 4.69) is 59.0 Å². The third-order valence-electron chi connectivity index (χ3n) is 0. The second-order valence-electron chi connectivity index (χ2n) is 1.09. The summed E-state index contributed by atoms with van der Waals surface area (Å²) in [5, 5.41) is 25.4. The van der Waals surface area contributed by atoms with Crippen molar-refractivity contribution in [2.45, 2.75) is 0 Å². The summed E-state index contributed by atoms with van der Waals surface area (Å²) in [6.07, 6.45) is 0. The van der Waals surface area contributed by atoms with Crippen LogP contribution in [0.4, 0.5) is 0 Å². The molecule has 0 aliphatic carbocycles. The van der Waals surface area contributed by atoms with E-state index in [1.54, 1.807) is 0 Å². The Morgan fingerprint density at radius 2 is 0.739 bits per heavy atom. The van der Waals surface area contributed by atoms with Crippen LogP contribution < -0.4 is 80.9 Å². The Balaban J connectivity index is -0.0000000124. The van der Waals surface area contributed by atoms with E-state index in [4.69, 9.17) is 42.9 Å². The molecule has 9 nitrogen and oxygen atoms in total. The van der Waals surface area contributed by atoms with Gasteiger partial charge < -0.3 is 35.9 Å². The maximum atomic E-state index is 8.89. The molecule has 130 valence electrons. The Morgan fingerprint density at radius 1 is 0.739 bits per heavy atom. The quantitative estimate of drug-likeness (QED) is 0.128. The predicted octanol–water partition coefficient (Wildman–Crippen LogP) is -5.92. The molecule has 0 aromatic heterocycles. The van der Waals surface area contributed by atoms with E-state index >= 15 is 0 Å². The fraction of sp³-hybridized carbons (Fsp3) is 0. The second kappa shape index (κ2) is 45.1. The smallest absolute Gasteiger partial charge is 1.00 e. The molecule has 0 radical (unpaired) electrons. The first-order valence-electron chi connectivity index (χ1n) is 2.62. The summed E-state index contributed by atoms with van der Waals surface area (Å²) in [6, 6.07) is 0. The third kappa shape index (κ3) is 903. The summed E-state index contributed by atoms with van der Waals surface area (Å²) in [7, 11) is -8.67. The molecule has 0 aromatic rings. The zero-order chi connectivity index (χ0) is 17.1. The van der Waals surface area contributed by atoms with Crippen LogP contribution in [0.5, 0.6) is 0 Å². The van der Waals surface area contributed by atoms with Gasteiger partial charge in [-0.2, -0.15) is 15.5 Å². The molecule has 0 bridgehead atoms. The van der Waals surface area contributed by atoms with Gasteiger partial charge in [0, 0.05) is 0 Å². The molecular weight excluding hydrogens is 855 g/mol. The Kier molecular flexibility index (Phi) is 110. The molecule has 0 saturated heterocycles. The van der Waals surface area contributed by atoms with Gasteiger partial charge in [0.1, 0.15) is 0 Å². The van der Waals surface area contributed by atoms with Gasteiger partial charge in [-0.1, -0.05) is 36.7 Å². The van der Waals surface area contributed by atoms with Gasteiger partial charge in [-0.15, -0.1) is 18.1 Å². The first kappa shape index (κ1) is 56.3. The van der Waals surface area contributed by atoms with Crippen molar-refractivity contribution in [3.8, 4) is 0 Å². The number of hydrogen-bond acceptors (Lipinski definition) is 11. The van der Waals surface area contributed by atoms with Crippen LogP contribution in [-0.4, -0.2) is 42.1 Å². The molecule has 0 unspecified atom stereocenters. The molecule has 0 spiro atoms. The molecule has 0 aliphatic rings. The molecule has 0 aliphatic heterocycles. The summed E-state index contributed by atoms with van der Waals surface area (Å²) in [5.74, 6) is 0. The topological polar surface area (TPSA) is 193 Å². The normalized spacial score (nSPS) is 6.09. The number of thiocarbonyl (C=S) groups is 3. The van der Waals surface area contributed by atoms with E-state index < -0.39 is 18.1 Å². The molecule has 0 saturated carbocycles. The summed E-state index contributed by atoms with van der Waals surface area (Å²) >= 11 is 17.6. The summed E-state index contributed by atoms with van der Waals surface area (Å²) in [6.45, 7) is 0. The Hall–Kier alpha value is 4.10. The molecule has 0 N–H and O–H groups in total. The van der Waals surface area contributed by atoms with E-state index in [9.17, 15) is 0 Å². The van der Waals surface area contributed by atoms with Crippen LogP contribution in [0.2, 0.25) is 0 Å². The Labute approximate surface area is 257 Å². The minimum atomic E-state index is -4.33. The average Bonchev–Trinajstić information content (AvgIpc) is 1.99. The molecule has 0 amide bonds. The van der Waals surface area contributed by atoms with E-state index in [1.807, 2.05) is 0 Å². The molecule has 0 fully saturated rings. The van der Waals surface area contributed by atoms with E-state index in [0.717, 1.165) is 0 Å². The first-order chi connectivity index (χ1) is 8.24. The SMILES string of the molecule is O=S([O-])([O-])=S.O=S([O-])([O-])=S.[Au+3].[Au+3].[H-].[K+].[N-]=C=S.[N-]=C=S.[N-]=C=S.[Na+]. The van der Waals surface area contributed by atoms with Crippen molar-refractivity contribution in [1.29, 1.82) is 0 Å². The van der Waals surface area contributed by atoms with Crippen LogP contribution in [0.15, 0.2) is 0 Å². The second-order valence-corrected chi connectivity index (χ2v) is 5.72. The predicted molar refractivity (Wildman–Crippen MR) is 83.1 cm³/mol. The largest absolute Gasteiger partial charge is 3.00 e. The van der Waals surface area contributed by atoms with Crippen LogP contribution in [-0.2, 0) is 85.2 Å². The molecule has 0 atom stereocenters. The fourth-order valence-electron chi connectivity index (χ4n) is 0. The molecule has 0 rings (SSSR count). The van der Waals surface area contributed by atoms with Gasteiger partial charge in [0.15, 0.2) is 0 Å². The van der Waals surface area contributed by atoms with Crippen LogP contribution in [0.25, 0.3) is 16.2 Å². The molecule has 23 heavy (non-hydrogen) atoms. The zero-order valence-electron chi connectivity index (χ0n) is 11.8. The number of hydrogen-bond donors (Lipinski definition) is 0. The minimum Gasteiger partial charge on any atom is -1.00 e. The molecule has 20 heteroatoms.